The van der Waals surface area contributed by atoms with Crippen LogP contribution < -0.4 is 29.6 Å². The lowest BCUT2D eigenvalue weighted by Crippen LogP contribution is -2.27. The Morgan fingerprint density at radius 1 is 0.750 bits per heavy atom. The van der Waals surface area contributed by atoms with Gasteiger partial charge in [-0.05, 0) is 42.8 Å². The molecule has 0 saturated heterocycles. The lowest BCUT2D eigenvalue weighted by Gasteiger charge is -2.31. The maximum absolute atomic E-state index is 13.9. The summed E-state index contributed by atoms with van der Waals surface area (Å²) in [5, 5.41) is 7.18. The molecule has 7 nitrogen and oxygen atoms in total. The molecule has 7 heteroatoms. The van der Waals surface area contributed by atoms with Crippen LogP contribution in [0.4, 0.5) is 11.4 Å². The highest BCUT2D eigenvalue weighted by Crippen LogP contribution is 2.48. The van der Waals surface area contributed by atoms with E-state index in [0.29, 0.717) is 29.9 Å². The number of hydrogen-bond acceptors (Lipinski definition) is 7. The van der Waals surface area contributed by atoms with Crippen molar-refractivity contribution in [3.05, 3.63) is 83.1 Å². The number of nitrogens with one attached hydrogen (secondary N) is 2. The Balaban J connectivity index is 1.65. The van der Waals surface area contributed by atoms with Gasteiger partial charge >= 0.3 is 0 Å². The first-order valence-electron chi connectivity index (χ1n) is 11.9. The third-order valence-corrected chi connectivity index (χ3v) is 6.93. The molecule has 2 aliphatic rings. The van der Waals surface area contributed by atoms with Crippen LogP contribution in [0.2, 0.25) is 0 Å². The van der Waals surface area contributed by atoms with E-state index in [-0.39, 0.29) is 11.7 Å². The molecule has 1 aliphatic carbocycles. The summed E-state index contributed by atoms with van der Waals surface area (Å²) in [6.45, 7) is 0. The Morgan fingerprint density at radius 3 is 2.25 bits per heavy atom. The van der Waals surface area contributed by atoms with E-state index in [1.807, 2.05) is 60.7 Å². The fourth-order valence-electron chi connectivity index (χ4n) is 5.24. The summed E-state index contributed by atoms with van der Waals surface area (Å²) in [4.78, 5) is 13.9. The van der Waals surface area contributed by atoms with E-state index in [2.05, 4.69) is 10.6 Å². The SMILES string of the molecule is COc1ccc(OC)c(C2CC(=O)C3=C(C2)Nc2ccccc2NC3c2cccc(OC)c2OC)c1. The van der Waals surface area contributed by atoms with Crippen LogP contribution in [0, 0.1) is 0 Å². The van der Waals surface area contributed by atoms with Crippen LogP contribution in [0.3, 0.4) is 0 Å². The number of para-hydroxylation sites is 3. The smallest absolute Gasteiger partial charge is 0.166 e. The van der Waals surface area contributed by atoms with Crippen molar-refractivity contribution in [2.24, 2.45) is 0 Å². The van der Waals surface area contributed by atoms with Gasteiger partial charge in [-0.3, -0.25) is 4.79 Å². The Morgan fingerprint density at radius 2 is 1.53 bits per heavy atom. The van der Waals surface area contributed by atoms with Gasteiger partial charge in [-0.15, -0.1) is 0 Å². The van der Waals surface area contributed by atoms with Crippen molar-refractivity contribution < 1.29 is 23.7 Å². The highest BCUT2D eigenvalue weighted by Gasteiger charge is 2.38. The van der Waals surface area contributed by atoms with Crippen LogP contribution in [0.5, 0.6) is 23.0 Å². The quantitative estimate of drug-likeness (QED) is 0.463. The Kier molecular flexibility index (Phi) is 6.46. The Bertz CT molecular complexity index is 1330. The number of Topliss-reactive ketones (excluding diaryl/α,β-unsaturated/α-hetero) is 1. The van der Waals surface area contributed by atoms with E-state index >= 15 is 0 Å². The Labute approximate surface area is 211 Å². The van der Waals surface area contributed by atoms with Crippen molar-refractivity contribution in [1.82, 2.24) is 0 Å². The van der Waals surface area contributed by atoms with Gasteiger partial charge in [0.15, 0.2) is 17.3 Å². The number of fused-ring (bicyclic) bond motifs is 1. The topological polar surface area (TPSA) is 78.1 Å². The summed E-state index contributed by atoms with van der Waals surface area (Å²) in [6.07, 6.45) is 0.994. The number of benzene rings is 3. The van der Waals surface area contributed by atoms with Gasteiger partial charge in [0.2, 0.25) is 0 Å². The van der Waals surface area contributed by atoms with Crippen molar-refractivity contribution in [3.8, 4) is 23.0 Å². The number of carbonyl (C=O) groups is 1. The van der Waals surface area contributed by atoms with Crippen molar-refractivity contribution in [2.45, 2.75) is 24.8 Å². The second-order valence-corrected chi connectivity index (χ2v) is 8.86. The molecule has 3 aromatic carbocycles. The minimum atomic E-state index is -0.415. The zero-order chi connectivity index (χ0) is 25.2. The number of methoxy groups -OCH3 is 4. The number of anilines is 2. The fraction of sp³-hybridized carbons (Fsp3) is 0.276. The van der Waals surface area contributed by atoms with Crippen LogP contribution in [-0.4, -0.2) is 34.2 Å². The molecular formula is C29H30N2O5. The average Bonchev–Trinajstić information content (AvgIpc) is 3.08. The van der Waals surface area contributed by atoms with E-state index in [9.17, 15) is 4.79 Å². The highest BCUT2D eigenvalue weighted by atomic mass is 16.5. The second kappa shape index (κ2) is 9.85. The number of allylic oxidation sites excluding steroid dienone is 1. The van der Waals surface area contributed by atoms with Crippen LogP contribution in [0.1, 0.15) is 35.9 Å². The molecule has 1 heterocycles. The first-order valence-corrected chi connectivity index (χ1v) is 11.9. The molecule has 36 heavy (non-hydrogen) atoms. The lowest BCUT2D eigenvalue weighted by atomic mass is 9.78. The normalized spacial score (nSPS) is 18.7. The summed E-state index contributed by atoms with van der Waals surface area (Å²) in [7, 11) is 6.52. The van der Waals surface area contributed by atoms with Gasteiger partial charge in [0.05, 0.1) is 45.9 Å². The van der Waals surface area contributed by atoms with Gasteiger partial charge in [-0.2, -0.15) is 0 Å². The predicted octanol–water partition coefficient (Wildman–Crippen LogP) is 5.70. The Hall–Kier alpha value is -4.13. The monoisotopic (exact) mass is 486 g/mol. The highest BCUT2D eigenvalue weighted by molar-refractivity contribution is 6.01. The zero-order valence-electron chi connectivity index (χ0n) is 20.9. The van der Waals surface area contributed by atoms with Crippen molar-refractivity contribution >= 4 is 17.2 Å². The van der Waals surface area contributed by atoms with Gasteiger partial charge in [0.25, 0.3) is 0 Å². The van der Waals surface area contributed by atoms with Gasteiger partial charge in [-0.1, -0.05) is 24.3 Å². The molecule has 0 saturated carbocycles. The molecule has 5 rings (SSSR count). The minimum Gasteiger partial charge on any atom is -0.497 e. The van der Waals surface area contributed by atoms with Gasteiger partial charge in [-0.25, -0.2) is 0 Å². The average molecular weight is 487 g/mol. The molecule has 2 unspecified atom stereocenters. The number of carbonyl (C=O) groups excluding carboxylic acids is 1. The molecule has 0 fully saturated rings. The van der Waals surface area contributed by atoms with Crippen LogP contribution in [0.25, 0.3) is 0 Å². The van der Waals surface area contributed by atoms with E-state index in [0.717, 1.165) is 39.7 Å². The van der Waals surface area contributed by atoms with Crippen molar-refractivity contribution in [3.63, 3.8) is 0 Å². The summed E-state index contributed by atoms with van der Waals surface area (Å²) in [5.41, 5.74) is 5.21. The summed E-state index contributed by atoms with van der Waals surface area (Å²) < 4.78 is 22.4. The molecule has 0 bridgehead atoms. The molecule has 2 atom stereocenters. The summed E-state index contributed by atoms with van der Waals surface area (Å²) in [6, 6.07) is 19.0. The van der Waals surface area contributed by atoms with Crippen LogP contribution in [-0.2, 0) is 4.79 Å². The standard InChI is InChI=1S/C29H30N2O5/c1-33-18-12-13-25(34-2)20(16-18)17-14-23-27(24(32)15-17)28(31-22-10-6-5-9-21(22)30-23)19-8-7-11-26(35-3)29(19)36-4/h5-13,16-17,28,30-31H,14-15H2,1-4H3. The molecule has 1 aliphatic heterocycles. The van der Waals surface area contributed by atoms with E-state index in [1.54, 1.807) is 28.4 Å². The molecule has 0 radical (unpaired) electrons. The number of rotatable bonds is 6. The first kappa shape index (κ1) is 23.6. The van der Waals surface area contributed by atoms with Gasteiger partial charge in [0, 0.05) is 34.7 Å². The lowest BCUT2D eigenvalue weighted by molar-refractivity contribution is -0.116. The number of ketones is 1. The molecule has 0 amide bonds. The molecule has 0 aromatic heterocycles. The summed E-state index contributed by atoms with van der Waals surface area (Å²) in [5.74, 6) is 2.70. The van der Waals surface area contributed by atoms with Crippen LogP contribution in [0.15, 0.2) is 71.9 Å². The zero-order valence-corrected chi connectivity index (χ0v) is 20.9. The predicted molar refractivity (Wildman–Crippen MR) is 140 cm³/mol. The molecule has 3 aromatic rings. The largest absolute Gasteiger partial charge is 0.497 e. The minimum absolute atomic E-state index is 0.0630. The maximum Gasteiger partial charge on any atom is 0.166 e. The third-order valence-electron chi connectivity index (χ3n) is 6.93. The second-order valence-electron chi connectivity index (χ2n) is 8.86. The maximum atomic E-state index is 13.9. The van der Waals surface area contributed by atoms with Crippen molar-refractivity contribution in [2.75, 3.05) is 39.1 Å². The van der Waals surface area contributed by atoms with E-state index in [4.69, 9.17) is 18.9 Å². The third kappa shape index (κ3) is 4.11. The first-order chi connectivity index (χ1) is 17.6. The molecule has 0 spiro atoms. The number of hydrogen-bond donors (Lipinski definition) is 2. The number of ether oxygens (including phenoxy) is 4. The van der Waals surface area contributed by atoms with Crippen LogP contribution >= 0.6 is 0 Å². The molecular weight excluding hydrogens is 456 g/mol. The molecule has 2 N–H and O–H groups in total. The van der Waals surface area contributed by atoms with E-state index < -0.39 is 6.04 Å². The summed E-state index contributed by atoms with van der Waals surface area (Å²) >= 11 is 0. The van der Waals surface area contributed by atoms with Gasteiger partial charge in [0.1, 0.15) is 11.5 Å². The molecule has 186 valence electrons. The van der Waals surface area contributed by atoms with E-state index in [1.165, 1.54) is 0 Å². The van der Waals surface area contributed by atoms with Crippen molar-refractivity contribution in [1.29, 1.82) is 0 Å². The fourth-order valence-corrected chi connectivity index (χ4v) is 5.24. The van der Waals surface area contributed by atoms with Gasteiger partial charge < -0.3 is 29.6 Å².